The molecule has 0 saturated heterocycles. The highest BCUT2D eigenvalue weighted by Crippen LogP contribution is 2.19. The molecular weight excluding hydrogens is 344 g/mol. The van der Waals surface area contributed by atoms with Crippen LogP contribution in [-0.2, 0) is 6.54 Å². The lowest BCUT2D eigenvalue weighted by Crippen LogP contribution is -2.13. The molecule has 0 spiro atoms. The fourth-order valence-corrected chi connectivity index (χ4v) is 2.46. The molecule has 0 aliphatic heterocycles. The van der Waals surface area contributed by atoms with E-state index in [2.05, 4.69) is 20.6 Å². The summed E-state index contributed by atoms with van der Waals surface area (Å²) in [7, 11) is 3.20. The summed E-state index contributed by atoms with van der Waals surface area (Å²) >= 11 is 0. The van der Waals surface area contributed by atoms with Gasteiger partial charge in [-0.1, -0.05) is 24.3 Å². The van der Waals surface area contributed by atoms with Gasteiger partial charge in [-0.25, -0.2) is 9.97 Å². The average Bonchev–Trinajstić information content (AvgIpc) is 2.73. The number of nitrogens with zero attached hydrogens (tertiary/aromatic N) is 2. The molecule has 7 heteroatoms. The maximum absolute atomic E-state index is 12.3. The number of hydrogen-bond acceptors (Lipinski definition) is 6. The predicted octanol–water partition coefficient (Wildman–Crippen LogP) is 3.36. The van der Waals surface area contributed by atoms with Crippen LogP contribution in [0.25, 0.3) is 0 Å². The number of rotatable bonds is 7. The van der Waals surface area contributed by atoms with E-state index in [1.165, 1.54) is 12.4 Å². The number of nitrogens with one attached hydrogen (secondary N) is 2. The topological polar surface area (TPSA) is 85.4 Å². The molecule has 27 heavy (non-hydrogen) atoms. The van der Waals surface area contributed by atoms with Gasteiger partial charge >= 0.3 is 0 Å². The van der Waals surface area contributed by atoms with Crippen LogP contribution in [0.4, 0.5) is 11.6 Å². The molecule has 0 fully saturated rings. The maximum atomic E-state index is 12.3. The second kappa shape index (κ2) is 8.66. The summed E-state index contributed by atoms with van der Waals surface area (Å²) in [6, 6.07) is 14.8. The van der Waals surface area contributed by atoms with E-state index in [1.807, 2.05) is 24.3 Å². The normalized spacial score (nSPS) is 10.1. The van der Waals surface area contributed by atoms with Crippen molar-refractivity contribution in [2.75, 3.05) is 24.9 Å². The molecule has 0 saturated carbocycles. The van der Waals surface area contributed by atoms with Gasteiger partial charge in [-0.15, -0.1) is 0 Å². The molecule has 2 N–H and O–H groups in total. The minimum Gasteiger partial charge on any atom is -0.497 e. The van der Waals surface area contributed by atoms with Gasteiger partial charge in [0.1, 0.15) is 11.5 Å². The molecule has 3 aromatic rings. The fourth-order valence-electron chi connectivity index (χ4n) is 2.46. The van der Waals surface area contributed by atoms with Crippen LogP contribution in [0.15, 0.2) is 60.9 Å². The molecule has 0 aliphatic carbocycles. The average molecular weight is 364 g/mol. The number of benzene rings is 2. The standard InChI is InChI=1S/C20H20N4O3/c1-26-17-8-5-7-16(10-17)24-19(25)15-12-22-20(23-13-15)21-11-14-6-3-4-9-18(14)27-2/h3-10,12-13H,11H2,1-2H3,(H,24,25)(H,21,22,23). The van der Waals surface area contributed by atoms with Crippen LogP contribution in [0.1, 0.15) is 15.9 Å². The van der Waals surface area contributed by atoms with Crippen molar-refractivity contribution in [2.24, 2.45) is 0 Å². The zero-order valence-corrected chi connectivity index (χ0v) is 15.1. The zero-order valence-electron chi connectivity index (χ0n) is 15.1. The Kier molecular flexibility index (Phi) is 5.84. The van der Waals surface area contributed by atoms with E-state index in [0.717, 1.165) is 11.3 Å². The van der Waals surface area contributed by atoms with Gasteiger partial charge in [0, 0.05) is 36.3 Å². The molecule has 1 amide bonds. The second-order valence-corrected chi connectivity index (χ2v) is 5.65. The largest absolute Gasteiger partial charge is 0.497 e. The number of amides is 1. The van der Waals surface area contributed by atoms with E-state index < -0.39 is 0 Å². The van der Waals surface area contributed by atoms with Crippen molar-refractivity contribution in [2.45, 2.75) is 6.54 Å². The van der Waals surface area contributed by atoms with Crippen molar-refractivity contribution >= 4 is 17.5 Å². The third kappa shape index (κ3) is 4.72. The van der Waals surface area contributed by atoms with Crippen LogP contribution in [-0.4, -0.2) is 30.1 Å². The smallest absolute Gasteiger partial charge is 0.258 e. The summed E-state index contributed by atoms with van der Waals surface area (Å²) in [6.07, 6.45) is 2.96. The number of aromatic nitrogens is 2. The van der Waals surface area contributed by atoms with Gasteiger partial charge < -0.3 is 20.1 Å². The molecule has 0 aliphatic rings. The first-order valence-electron chi connectivity index (χ1n) is 8.33. The van der Waals surface area contributed by atoms with Crippen molar-refractivity contribution in [1.29, 1.82) is 0 Å². The minimum absolute atomic E-state index is 0.292. The third-order valence-electron chi connectivity index (χ3n) is 3.87. The first kappa shape index (κ1) is 18.2. The molecule has 0 unspecified atom stereocenters. The molecule has 1 aromatic heterocycles. The van der Waals surface area contributed by atoms with E-state index in [1.54, 1.807) is 38.5 Å². The van der Waals surface area contributed by atoms with E-state index in [0.29, 0.717) is 29.5 Å². The Balaban J connectivity index is 1.61. The number of carbonyl (C=O) groups is 1. The molecule has 2 aromatic carbocycles. The van der Waals surface area contributed by atoms with Gasteiger partial charge in [0.25, 0.3) is 5.91 Å². The Hall–Kier alpha value is -3.61. The molecule has 138 valence electrons. The van der Waals surface area contributed by atoms with Crippen molar-refractivity contribution in [1.82, 2.24) is 9.97 Å². The quantitative estimate of drug-likeness (QED) is 0.669. The highest BCUT2D eigenvalue weighted by Gasteiger charge is 2.09. The number of anilines is 2. The monoisotopic (exact) mass is 364 g/mol. The summed E-state index contributed by atoms with van der Waals surface area (Å²) < 4.78 is 10.5. The van der Waals surface area contributed by atoms with Gasteiger partial charge in [-0.05, 0) is 18.2 Å². The van der Waals surface area contributed by atoms with Crippen molar-refractivity contribution in [3.63, 3.8) is 0 Å². The lowest BCUT2D eigenvalue weighted by atomic mass is 10.2. The van der Waals surface area contributed by atoms with Crippen molar-refractivity contribution in [3.8, 4) is 11.5 Å². The van der Waals surface area contributed by atoms with Crippen molar-refractivity contribution in [3.05, 3.63) is 72.1 Å². The summed E-state index contributed by atoms with van der Waals surface area (Å²) in [6.45, 7) is 0.513. The molecule has 0 radical (unpaired) electrons. The molecule has 7 nitrogen and oxygen atoms in total. The molecular formula is C20H20N4O3. The number of methoxy groups -OCH3 is 2. The fraction of sp³-hybridized carbons (Fsp3) is 0.150. The Labute approximate surface area is 157 Å². The SMILES string of the molecule is COc1cccc(NC(=O)c2cnc(NCc3ccccc3OC)nc2)c1. The van der Waals surface area contributed by atoms with Gasteiger partial charge in [0.2, 0.25) is 5.95 Å². The Morgan fingerprint density at radius 2 is 1.78 bits per heavy atom. The molecule has 0 bridgehead atoms. The zero-order chi connectivity index (χ0) is 19.1. The first-order valence-corrected chi connectivity index (χ1v) is 8.33. The Bertz CT molecular complexity index is 913. The molecule has 0 atom stereocenters. The van der Waals surface area contributed by atoms with Crippen LogP contribution >= 0.6 is 0 Å². The predicted molar refractivity (Wildman–Crippen MR) is 103 cm³/mol. The van der Waals surface area contributed by atoms with Crippen LogP contribution in [0.2, 0.25) is 0 Å². The first-order chi connectivity index (χ1) is 13.2. The van der Waals surface area contributed by atoms with Gasteiger partial charge in [-0.2, -0.15) is 0 Å². The lowest BCUT2D eigenvalue weighted by Gasteiger charge is -2.10. The van der Waals surface area contributed by atoms with Crippen LogP contribution in [0.5, 0.6) is 11.5 Å². The summed E-state index contributed by atoms with van der Waals surface area (Å²) in [4.78, 5) is 20.7. The number of ether oxygens (including phenoxy) is 2. The van der Waals surface area contributed by atoms with E-state index in [9.17, 15) is 4.79 Å². The van der Waals surface area contributed by atoms with E-state index >= 15 is 0 Å². The minimum atomic E-state index is -0.292. The Morgan fingerprint density at radius 1 is 1.00 bits per heavy atom. The molecule has 1 heterocycles. The summed E-state index contributed by atoms with van der Waals surface area (Å²) in [5, 5.41) is 5.91. The number of hydrogen-bond donors (Lipinski definition) is 2. The molecule has 3 rings (SSSR count). The second-order valence-electron chi connectivity index (χ2n) is 5.65. The maximum Gasteiger partial charge on any atom is 0.258 e. The van der Waals surface area contributed by atoms with Gasteiger partial charge in [0.15, 0.2) is 0 Å². The van der Waals surface area contributed by atoms with E-state index in [4.69, 9.17) is 9.47 Å². The van der Waals surface area contributed by atoms with E-state index in [-0.39, 0.29) is 5.91 Å². The van der Waals surface area contributed by atoms with Gasteiger partial charge in [-0.3, -0.25) is 4.79 Å². The number of carbonyl (C=O) groups excluding carboxylic acids is 1. The van der Waals surface area contributed by atoms with Crippen LogP contribution < -0.4 is 20.1 Å². The highest BCUT2D eigenvalue weighted by molar-refractivity contribution is 6.03. The van der Waals surface area contributed by atoms with Crippen molar-refractivity contribution < 1.29 is 14.3 Å². The summed E-state index contributed by atoms with van der Waals surface area (Å²) in [5.74, 6) is 1.59. The summed E-state index contributed by atoms with van der Waals surface area (Å²) in [5.41, 5.74) is 1.99. The number of para-hydroxylation sites is 1. The lowest BCUT2D eigenvalue weighted by molar-refractivity contribution is 0.102. The highest BCUT2D eigenvalue weighted by atomic mass is 16.5. The third-order valence-corrected chi connectivity index (χ3v) is 3.87. The van der Waals surface area contributed by atoms with Crippen LogP contribution in [0, 0.1) is 0 Å². The Morgan fingerprint density at radius 3 is 2.52 bits per heavy atom. The van der Waals surface area contributed by atoms with Gasteiger partial charge in [0.05, 0.1) is 19.8 Å². The van der Waals surface area contributed by atoms with Crippen LogP contribution in [0.3, 0.4) is 0 Å².